The smallest absolute Gasteiger partial charge is 0.0522 e. The van der Waals surface area contributed by atoms with Crippen molar-refractivity contribution in [1.29, 1.82) is 0 Å². The summed E-state index contributed by atoms with van der Waals surface area (Å²) in [6.07, 6.45) is 0. The predicted octanol–water partition coefficient (Wildman–Crippen LogP) is 3.59. The molecule has 0 spiro atoms. The molecular weight excluding hydrogens is 222 g/mol. The Hall–Kier alpha value is -1.80. The number of fused-ring (bicyclic) bond motifs is 3. The first kappa shape index (κ1) is 11.3. The minimum atomic E-state index is -0.202. The molecule has 2 heteroatoms. The van der Waals surface area contributed by atoms with E-state index in [9.17, 15) is 5.11 Å². The van der Waals surface area contributed by atoms with Crippen molar-refractivity contribution >= 4 is 21.8 Å². The van der Waals surface area contributed by atoms with Gasteiger partial charge in [-0.05, 0) is 23.8 Å². The predicted molar refractivity (Wildman–Crippen MR) is 75.9 cm³/mol. The molecule has 92 valence electrons. The highest BCUT2D eigenvalue weighted by Crippen LogP contribution is 2.30. The van der Waals surface area contributed by atoms with Gasteiger partial charge in [0, 0.05) is 27.2 Å². The minimum absolute atomic E-state index is 0.154. The molecule has 0 bridgehead atoms. The molecule has 0 atom stereocenters. The second kappa shape index (κ2) is 3.85. The maximum Gasteiger partial charge on any atom is 0.0522 e. The van der Waals surface area contributed by atoms with Gasteiger partial charge in [-0.1, -0.05) is 38.1 Å². The topological polar surface area (TPSA) is 36.0 Å². The van der Waals surface area contributed by atoms with Crippen LogP contribution in [0.3, 0.4) is 0 Å². The maximum atomic E-state index is 9.48. The van der Waals surface area contributed by atoms with Crippen molar-refractivity contribution in [3.63, 3.8) is 0 Å². The van der Waals surface area contributed by atoms with E-state index in [2.05, 4.69) is 55.2 Å². The number of hydrogen-bond donors (Lipinski definition) is 2. The Morgan fingerprint density at radius 3 is 2.50 bits per heavy atom. The highest BCUT2D eigenvalue weighted by molar-refractivity contribution is 6.07. The lowest BCUT2D eigenvalue weighted by Gasteiger charge is -2.22. The van der Waals surface area contributed by atoms with Crippen molar-refractivity contribution in [3.05, 3.63) is 48.0 Å². The van der Waals surface area contributed by atoms with E-state index in [1.165, 1.54) is 16.3 Å². The van der Waals surface area contributed by atoms with Crippen molar-refractivity contribution in [1.82, 2.24) is 4.98 Å². The summed E-state index contributed by atoms with van der Waals surface area (Å²) < 4.78 is 0. The molecule has 0 saturated heterocycles. The summed E-state index contributed by atoms with van der Waals surface area (Å²) in [5, 5.41) is 11.9. The molecule has 18 heavy (non-hydrogen) atoms. The van der Waals surface area contributed by atoms with Crippen molar-refractivity contribution in [2.24, 2.45) is 0 Å². The van der Waals surface area contributed by atoms with E-state index in [4.69, 9.17) is 0 Å². The molecule has 0 radical (unpaired) electrons. The fourth-order valence-corrected chi connectivity index (χ4v) is 2.36. The van der Waals surface area contributed by atoms with Crippen LogP contribution >= 0.6 is 0 Å². The molecule has 0 saturated carbocycles. The molecule has 3 aromatic rings. The standard InChI is InChI=1S/C16H17NO/c1-16(2,10-18)11-7-8-15-13(9-11)12-5-3-4-6-14(12)17-15/h3-9,17-18H,10H2,1-2H3. The first-order chi connectivity index (χ1) is 8.62. The van der Waals surface area contributed by atoms with Crippen LogP contribution in [-0.2, 0) is 5.41 Å². The summed E-state index contributed by atoms with van der Waals surface area (Å²) in [4.78, 5) is 3.41. The van der Waals surface area contributed by atoms with Crippen LogP contribution in [-0.4, -0.2) is 16.7 Å². The zero-order valence-electron chi connectivity index (χ0n) is 10.7. The van der Waals surface area contributed by atoms with Crippen molar-refractivity contribution < 1.29 is 5.11 Å². The molecule has 1 aromatic heterocycles. The average Bonchev–Trinajstić information content (AvgIpc) is 2.76. The number of para-hydroxylation sites is 1. The van der Waals surface area contributed by atoms with Gasteiger partial charge in [0.05, 0.1) is 6.61 Å². The van der Waals surface area contributed by atoms with Gasteiger partial charge in [-0.2, -0.15) is 0 Å². The first-order valence-electron chi connectivity index (χ1n) is 6.24. The van der Waals surface area contributed by atoms with E-state index >= 15 is 0 Å². The van der Waals surface area contributed by atoms with Gasteiger partial charge >= 0.3 is 0 Å². The molecule has 0 aliphatic rings. The second-order valence-corrected chi connectivity index (χ2v) is 5.47. The van der Waals surface area contributed by atoms with Crippen LogP contribution in [0.4, 0.5) is 0 Å². The fraction of sp³-hybridized carbons (Fsp3) is 0.250. The summed E-state index contributed by atoms with van der Waals surface area (Å²) in [5.74, 6) is 0. The highest BCUT2D eigenvalue weighted by atomic mass is 16.3. The van der Waals surface area contributed by atoms with Crippen LogP contribution in [0.15, 0.2) is 42.5 Å². The van der Waals surface area contributed by atoms with Gasteiger partial charge in [-0.25, -0.2) is 0 Å². The maximum absolute atomic E-state index is 9.48. The summed E-state index contributed by atoms with van der Waals surface area (Å²) >= 11 is 0. The van der Waals surface area contributed by atoms with Crippen molar-refractivity contribution in [3.8, 4) is 0 Å². The van der Waals surface area contributed by atoms with Crippen LogP contribution < -0.4 is 0 Å². The third-order valence-electron chi connectivity index (χ3n) is 3.68. The molecule has 2 N–H and O–H groups in total. The zero-order valence-corrected chi connectivity index (χ0v) is 10.7. The van der Waals surface area contributed by atoms with Gasteiger partial charge in [-0.3, -0.25) is 0 Å². The number of aliphatic hydroxyl groups is 1. The van der Waals surface area contributed by atoms with Crippen molar-refractivity contribution in [2.45, 2.75) is 19.3 Å². The summed E-state index contributed by atoms with van der Waals surface area (Å²) in [6, 6.07) is 14.7. The lowest BCUT2D eigenvalue weighted by Crippen LogP contribution is -2.21. The number of rotatable bonds is 2. The van der Waals surface area contributed by atoms with Crippen LogP contribution in [0.5, 0.6) is 0 Å². The minimum Gasteiger partial charge on any atom is -0.395 e. The molecule has 1 heterocycles. The SMILES string of the molecule is CC(C)(CO)c1ccc2[nH]c3ccccc3c2c1. The normalized spacial score (nSPS) is 12.4. The van der Waals surface area contributed by atoms with Gasteiger partial charge in [0.2, 0.25) is 0 Å². The van der Waals surface area contributed by atoms with Crippen LogP contribution in [0.25, 0.3) is 21.8 Å². The number of benzene rings is 2. The summed E-state index contributed by atoms with van der Waals surface area (Å²) in [6.45, 7) is 4.27. The van der Waals surface area contributed by atoms with E-state index in [1.807, 2.05) is 6.07 Å². The Kier molecular flexibility index (Phi) is 2.42. The molecule has 0 fully saturated rings. The Morgan fingerprint density at radius 2 is 1.72 bits per heavy atom. The highest BCUT2D eigenvalue weighted by Gasteiger charge is 2.20. The summed E-state index contributed by atoms with van der Waals surface area (Å²) in [5.41, 5.74) is 3.27. The largest absolute Gasteiger partial charge is 0.395 e. The van der Waals surface area contributed by atoms with E-state index < -0.39 is 0 Å². The number of H-pyrrole nitrogens is 1. The van der Waals surface area contributed by atoms with E-state index in [1.54, 1.807) is 0 Å². The van der Waals surface area contributed by atoms with E-state index in [0.29, 0.717) is 0 Å². The molecule has 0 amide bonds. The van der Waals surface area contributed by atoms with E-state index in [0.717, 1.165) is 11.0 Å². The van der Waals surface area contributed by atoms with Crippen LogP contribution in [0, 0.1) is 0 Å². The molecule has 0 aliphatic carbocycles. The van der Waals surface area contributed by atoms with Gasteiger partial charge in [0.1, 0.15) is 0 Å². The Balaban J connectivity index is 2.31. The third kappa shape index (κ3) is 1.61. The molecule has 3 rings (SSSR count). The number of aromatic nitrogens is 1. The lowest BCUT2D eigenvalue weighted by atomic mass is 9.85. The third-order valence-corrected chi connectivity index (χ3v) is 3.68. The average molecular weight is 239 g/mol. The van der Waals surface area contributed by atoms with Gasteiger partial charge in [-0.15, -0.1) is 0 Å². The number of aromatic amines is 1. The van der Waals surface area contributed by atoms with Crippen molar-refractivity contribution in [2.75, 3.05) is 6.61 Å². The molecule has 2 aromatic carbocycles. The Morgan fingerprint density at radius 1 is 1.00 bits per heavy atom. The second-order valence-electron chi connectivity index (χ2n) is 5.47. The van der Waals surface area contributed by atoms with Crippen LogP contribution in [0.1, 0.15) is 19.4 Å². The zero-order chi connectivity index (χ0) is 12.8. The van der Waals surface area contributed by atoms with Crippen LogP contribution in [0.2, 0.25) is 0 Å². The summed E-state index contributed by atoms with van der Waals surface area (Å²) in [7, 11) is 0. The number of nitrogens with one attached hydrogen (secondary N) is 1. The Bertz CT molecular complexity index is 709. The lowest BCUT2D eigenvalue weighted by molar-refractivity contribution is 0.218. The first-order valence-corrected chi connectivity index (χ1v) is 6.24. The van der Waals surface area contributed by atoms with Gasteiger partial charge < -0.3 is 10.1 Å². The number of aliphatic hydroxyl groups excluding tert-OH is 1. The monoisotopic (exact) mass is 239 g/mol. The molecule has 0 unspecified atom stereocenters. The Labute approximate surface area is 106 Å². The molecule has 0 aliphatic heterocycles. The molecular formula is C16H17NO. The van der Waals surface area contributed by atoms with E-state index in [-0.39, 0.29) is 12.0 Å². The number of hydrogen-bond acceptors (Lipinski definition) is 1. The molecule has 2 nitrogen and oxygen atoms in total. The van der Waals surface area contributed by atoms with Gasteiger partial charge in [0.15, 0.2) is 0 Å². The van der Waals surface area contributed by atoms with Gasteiger partial charge in [0.25, 0.3) is 0 Å². The fourth-order valence-electron chi connectivity index (χ4n) is 2.36. The quantitative estimate of drug-likeness (QED) is 0.704.